The van der Waals surface area contributed by atoms with E-state index in [0.717, 1.165) is 37.7 Å². The molecule has 0 bridgehead atoms. The number of methoxy groups -OCH3 is 2. The van der Waals surface area contributed by atoms with Crippen LogP contribution in [0.2, 0.25) is 0 Å². The van der Waals surface area contributed by atoms with Crippen molar-refractivity contribution in [2.45, 2.75) is 13.0 Å². The van der Waals surface area contributed by atoms with Crippen molar-refractivity contribution in [2.24, 2.45) is 5.73 Å². The quantitative estimate of drug-likeness (QED) is 0.779. The molecule has 0 unspecified atom stereocenters. The number of nitrogens with zero attached hydrogens (tertiary/aromatic N) is 1. The summed E-state index contributed by atoms with van der Waals surface area (Å²) < 4.78 is 10.8. The molecule has 1 fully saturated rings. The maximum absolute atomic E-state index is 5.69. The Morgan fingerprint density at radius 2 is 1.95 bits per heavy atom. The zero-order valence-electron chi connectivity index (χ0n) is 12.9. The van der Waals surface area contributed by atoms with E-state index in [9.17, 15) is 0 Å². The molecule has 1 aliphatic rings. The van der Waals surface area contributed by atoms with Crippen molar-refractivity contribution in [1.82, 2.24) is 4.90 Å². The van der Waals surface area contributed by atoms with E-state index in [2.05, 4.69) is 17.9 Å². The van der Waals surface area contributed by atoms with Gasteiger partial charge in [-0.2, -0.15) is 0 Å². The Morgan fingerprint density at radius 1 is 1.29 bits per heavy atom. The smallest absolute Gasteiger partial charge is 0.166 e. The predicted octanol–water partition coefficient (Wildman–Crippen LogP) is 0.209. The third-order valence-corrected chi connectivity index (χ3v) is 4.50. The molecule has 1 atom stereocenters. The van der Waals surface area contributed by atoms with Gasteiger partial charge in [0.2, 0.25) is 0 Å². The minimum Gasteiger partial charge on any atom is -0.497 e. The van der Waals surface area contributed by atoms with Gasteiger partial charge in [-0.1, -0.05) is 0 Å². The van der Waals surface area contributed by atoms with E-state index in [4.69, 9.17) is 27.4 Å². The Labute approximate surface area is 131 Å². The van der Waals surface area contributed by atoms with Gasteiger partial charge in [0.05, 0.1) is 46.0 Å². The van der Waals surface area contributed by atoms with Crippen LogP contribution in [0.3, 0.4) is 0 Å². The van der Waals surface area contributed by atoms with Gasteiger partial charge in [-0.25, -0.2) is 0 Å². The Hall–Kier alpha value is -1.53. The monoisotopic (exact) mass is 310 g/mol. The molecule has 3 N–H and O–H groups in total. The number of thiocarbonyl (C=S) groups is 1. The lowest BCUT2D eigenvalue weighted by Gasteiger charge is -2.36. The number of rotatable bonds is 4. The van der Waals surface area contributed by atoms with Gasteiger partial charge in [-0.05, 0) is 31.3 Å². The van der Waals surface area contributed by atoms with Gasteiger partial charge < -0.3 is 25.0 Å². The molecule has 0 amide bonds. The van der Waals surface area contributed by atoms with Crippen LogP contribution < -0.4 is 20.1 Å². The lowest BCUT2D eigenvalue weighted by molar-refractivity contribution is -0.933. The van der Waals surface area contributed by atoms with Crippen LogP contribution >= 0.6 is 12.2 Å². The highest BCUT2D eigenvalue weighted by Gasteiger charge is 2.27. The maximum Gasteiger partial charge on any atom is 0.166 e. The van der Waals surface area contributed by atoms with E-state index in [1.807, 2.05) is 12.1 Å². The Bertz CT molecular complexity index is 502. The van der Waals surface area contributed by atoms with E-state index >= 15 is 0 Å². The summed E-state index contributed by atoms with van der Waals surface area (Å²) in [5, 5.41) is 0.503. The molecule has 1 saturated heterocycles. The molecule has 1 aliphatic heterocycles. The van der Waals surface area contributed by atoms with Crippen molar-refractivity contribution >= 4 is 17.3 Å². The van der Waals surface area contributed by atoms with Crippen LogP contribution in [0.15, 0.2) is 18.2 Å². The number of hydrogen-bond donors (Lipinski definition) is 2. The van der Waals surface area contributed by atoms with Gasteiger partial charge in [0.1, 0.15) is 17.5 Å². The highest BCUT2D eigenvalue weighted by atomic mass is 32.1. The predicted molar refractivity (Wildman–Crippen MR) is 87.0 cm³/mol. The van der Waals surface area contributed by atoms with E-state index in [1.165, 1.54) is 10.5 Å². The van der Waals surface area contributed by atoms with Gasteiger partial charge in [0.15, 0.2) is 5.11 Å². The van der Waals surface area contributed by atoms with Crippen LogP contribution in [0.5, 0.6) is 11.5 Å². The van der Waals surface area contributed by atoms with E-state index in [-0.39, 0.29) is 0 Å². The number of nitrogens with one attached hydrogen (secondary N) is 1. The summed E-state index contributed by atoms with van der Waals surface area (Å²) in [4.78, 5) is 3.59. The van der Waals surface area contributed by atoms with Gasteiger partial charge in [0.25, 0.3) is 0 Å². The first-order chi connectivity index (χ1) is 10.1. The summed E-state index contributed by atoms with van der Waals surface area (Å²) in [6.45, 7) is 6.10. The topological polar surface area (TPSA) is 52.2 Å². The Kier molecular flexibility index (Phi) is 5.25. The zero-order chi connectivity index (χ0) is 15.4. The minimum atomic E-state index is 0.361. The van der Waals surface area contributed by atoms with E-state index < -0.39 is 0 Å². The van der Waals surface area contributed by atoms with Crippen molar-refractivity contribution < 1.29 is 14.4 Å². The highest BCUT2D eigenvalue weighted by Crippen LogP contribution is 2.28. The molecule has 21 heavy (non-hydrogen) atoms. The fraction of sp³-hybridized carbons (Fsp3) is 0.533. The summed E-state index contributed by atoms with van der Waals surface area (Å²) in [5.41, 5.74) is 6.90. The molecule has 5 nitrogen and oxygen atoms in total. The SMILES string of the molecule is COc1ccc([C@@H](C)[NH+]2CCN(C(N)=S)CC2)c(OC)c1. The lowest BCUT2D eigenvalue weighted by atomic mass is 10.0. The minimum absolute atomic E-state index is 0.361. The molecular formula is C15H24N3O2S+. The van der Waals surface area contributed by atoms with Crippen molar-refractivity contribution in [1.29, 1.82) is 0 Å². The molecule has 0 radical (unpaired) electrons. The molecule has 116 valence electrons. The Balaban J connectivity index is 2.10. The third kappa shape index (κ3) is 3.57. The molecule has 1 heterocycles. The molecule has 6 heteroatoms. The average molecular weight is 310 g/mol. The van der Waals surface area contributed by atoms with Crippen LogP contribution in [0.1, 0.15) is 18.5 Å². The van der Waals surface area contributed by atoms with Crippen LogP contribution in [0, 0.1) is 0 Å². The molecule has 1 aromatic rings. The standard InChI is InChI=1S/C15H23N3O2S/c1-11(17-6-8-18(9-7-17)15(16)21)13-5-4-12(19-2)10-14(13)20-3/h4-5,10-11H,6-9H2,1-3H3,(H2,16,21)/p+1/t11-/m1/s1. The van der Waals surface area contributed by atoms with Gasteiger partial charge >= 0.3 is 0 Å². The number of nitrogens with two attached hydrogens (primary N) is 1. The average Bonchev–Trinajstić information content (AvgIpc) is 2.53. The molecular weight excluding hydrogens is 286 g/mol. The van der Waals surface area contributed by atoms with Crippen molar-refractivity contribution in [3.63, 3.8) is 0 Å². The molecule has 2 rings (SSSR count). The first kappa shape index (κ1) is 15.9. The second kappa shape index (κ2) is 6.95. The number of hydrogen-bond acceptors (Lipinski definition) is 3. The van der Waals surface area contributed by atoms with E-state index in [1.54, 1.807) is 14.2 Å². The first-order valence-corrected chi connectivity index (χ1v) is 7.58. The number of ether oxygens (including phenoxy) is 2. The first-order valence-electron chi connectivity index (χ1n) is 7.17. The lowest BCUT2D eigenvalue weighted by Crippen LogP contribution is -3.14. The van der Waals surface area contributed by atoms with Gasteiger partial charge in [-0.15, -0.1) is 0 Å². The summed E-state index contributed by atoms with van der Waals surface area (Å²) >= 11 is 5.04. The highest BCUT2D eigenvalue weighted by molar-refractivity contribution is 7.80. The van der Waals surface area contributed by atoms with E-state index in [0.29, 0.717) is 11.2 Å². The second-order valence-corrected chi connectivity index (χ2v) is 5.73. The summed E-state index contributed by atoms with van der Waals surface area (Å²) in [6.07, 6.45) is 0. The van der Waals surface area contributed by atoms with Gasteiger partial charge in [-0.3, -0.25) is 0 Å². The van der Waals surface area contributed by atoms with Crippen molar-refractivity contribution in [3.05, 3.63) is 23.8 Å². The molecule has 0 aromatic heterocycles. The summed E-state index contributed by atoms with van der Waals surface area (Å²) in [6, 6.07) is 6.38. The maximum atomic E-state index is 5.69. The number of piperazine rings is 1. The molecule has 0 spiro atoms. The van der Waals surface area contributed by atoms with Gasteiger partial charge in [0, 0.05) is 6.07 Å². The van der Waals surface area contributed by atoms with Crippen molar-refractivity contribution in [2.75, 3.05) is 40.4 Å². The second-order valence-electron chi connectivity index (χ2n) is 5.31. The third-order valence-electron chi connectivity index (χ3n) is 4.24. The normalized spacial score (nSPS) is 17.4. The van der Waals surface area contributed by atoms with Crippen LogP contribution in [-0.4, -0.2) is 50.4 Å². The van der Waals surface area contributed by atoms with Crippen LogP contribution in [-0.2, 0) is 0 Å². The summed E-state index contributed by atoms with van der Waals surface area (Å²) in [7, 11) is 3.36. The molecule has 1 aromatic carbocycles. The van der Waals surface area contributed by atoms with Crippen LogP contribution in [0.4, 0.5) is 0 Å². The fourth-order valence-electron chi connectivity index (χ4n) is 2.84. The molecule has 0 saturated carbocycles. The van der Waals surface area contributed by atoms with Crippen molar-refractivity contribution in [3.8, 4) is 11.5 Å². The largest absolute Gasteiger partial charge is 0.497 e. The fourth-order valence-corrected chi connectivity index (χ4v) is 3.03. The Morgan fingerprint density at radius 3 is 2.48 bits per heavy atom. The number of benzene rings is 1. The van der Waals surface area contributed by atoms with Crippen LogP contribution in [0.25, 0.3) is 0 Å². The summed E-state index contributed by atoms with van der Waals surface area (Å²) in [5.74, 6) is 1.70. The zero-order valence-corrected chi connectivity index (χ0v) is 13.7. The molecule has 0 aliphatic carbocycles. The number of quaternary nitrogens is 1.